The molecule has 12 heteroatoms. The summed E-state index contributed by atoms with van der Waals surface area (Å²) in [7, 11) is 0. The molecule has 0 aliphatic rings. The lowest BCUT2D eigenvalue weighted by Crippen LogP contribution is -2.29. The van der Waals surface area contributed by atoms with Crippen molar-refractivity contribution in [2.45, 2.75) is 12.5 Å². The Labute approximate surface area is 248 Å². The van der Waals surface area contributed by atoms with Crippen molar-refractivity contribution in [2.75, 3.05) is 11.9 Å². The molecule has 0 saturated carbocycles. The molecule has 0 amide bonds. The van der Waals surface area contributed by atoms with Gasteiger partial charge in [-0.2, -0.15) is 0 Å². The van der Waals surface area contributed by atoms with Crippen molar-refractivity contribution in [3.8, 4) is 28.6 Å². The number of benzene rings is 3. The Hall–Kier alpha value is -6.17. The lowest BCUT2D eigenvalue weighted by molar-refractivity contribution is 0.295. The normalized spacial score (nSPS) is 12.1. The van der Waals surface area contributed by atoms with Gasteiger partial charge in [-0.3, -0.25) is 4.98 Å². The number of para-hydroxylation sites is 1. The van der Waals surface area contributed by atoms with Crippen molar-refractivity contribution in [3.05, 3.63) is 101 Å². The predicted molar refractivity (Wildman–Crippen MR) is 169 cm³/mol. The molecule has 12 nitrogen and oxygen atoms in total. The van der Waals surface area contributed by atoms with Gasteiger partial charge in [0.25, 0.3) is 0 Å². The summed E-state index contributed by atoms with van der Waals surface area (Å²) in [5.74, 6) is -0.0102. The van der Waals surface area contributed by atoms with Gasteiger partial charge >= 0.3 is 0 Å². The molecule has 0 aliphatic heterocycles. The summed E-state index contributed by atoms with van der Waals surface area (Å²) < 4.78 is 6.27. The first-order chi connectivity index (χ1) is 21.5. The number of pyridine rings is 1. The monoisotopic (exact) mass is 587 g/mol. The second kappa shape index (κ2) is 10.9. The van der Waals surface area contributed by atoms with Gasteiger partial charge in [0, 0.05) is 45.3 Å². The number of aromatic hydroxyl groups is 2. The number of H-pyrrole nitrogens is 3. The van der Waals surface area contributed by atoms with Crippen LogP contribution < -0.4 is 10.1 Å². The zero-order valence-electron chi connectivity index (χ0n) is 23.0. The minimum atomic E-state index is -0.276. The molecule has 7 rings (SSSR count). The molecule has 4 heterocycles. The Morgan fingerprint density at radius 3 is 2.30 bits per heavy atom. The van der Waals surface area contributed by atoms with Gasteiger partial charge in [0.15, 0.2) is 11.4 Å². The summed E-state index contributed by atoms with van der Waals surface area (Å²) in [5, 5.41) is 31.6. The van der Waals surface area contributed by atoms with E-state index in [0.29, 0.717) is 34.0 Å². The first-order valence-electron chi connectivity index (χ1n) is 13.8. The van der Waals surface area contributed by atoms with Crippen molar-refractivity contribution >= 4 is 49.8 Å². The number of ether oxygens (including phenoxy) is 1. The first-order valence-corrected chi connectivity index (χ1v) is 13.8. The number of hydrogen-bond acceptors (Lipinski definition) is 9. The quantitative estimate of drug-likeness (QED) is 0.0896. The number of fused-ring (bicyclic) bond motifs is 3. The van der Waals surface area contributed by atoms with E-state index in [2.05, 4.69) is 41.7 Å². The van der Waals surface area contributed by atoms with Crippen molar-refractivity contribution < 1.29 is 14.9 Å². The molecular formula is C32H25N7O5. The van der Waals surface area contributed by atoms with Crippen LogP contribution in [0.1, 0.15) is 5.56 Å². The molecule has 0 unspecified atom stereocenters. The molecule has 6 N–H and O–H groups in total. The standard InChI is InChI=1S/C32H25N7O5/c40-31-29(38-42)24-11-17(5-7-27(24)36-31)18-10-22(15-33-13-18)44-16-21(9-19-14-34-26-4-2-1-3-23(19)26)35-20-6-8-28-25(12-20)30(39-43)32(41)37-28/h1-8,10-15,21,34-37,40-41H,9,16H2/t21-/m0/s1. The summed E-state index contributed by atoms with van der Waals surface area (Å²) in [6, 6.07) is 20.5. The first kappa shape index (κ1) is 26.7. The van der Waals surface area contributed by atoms with Crippen LogP contribution in [0.4, 0.5) is 17.1 Å². The fourth-order valence-electron chi connectivity index (χ4n) is 5.59. The van der Waals surface area contributed by atoms with Gasteiger partial charge < -0.3 is 35.2 Å². The lowest BCUT2D eigenvalue weighted by atomic mass is 10.0. The SMILES string of the molecule is O=Nc1c(O)[nH]c2ccc(N[C@H](COc3cncc(-c4ccc5[nH]c(O)c(N=O)c5c4)c3)Cc3c[nH]c4ccccc34)cc12. The molecule has 1 atom stereocenters. The molecule has 218 valence electrons. The van der Waals surface area contributed by atoms with Gasteiger partial charge in [-0.15, -0.1) is 9.81 Å². The minimum absolute atomic E-state index is 0.0416. The topological polar surface area (TPSA) is 181 Å². The number of anilines is 1. The summed E-state index contributed by atoms with van der Waals surface area (Å²) >= 11 is 0. The Balaban J connectivity index is 1.17. The van der Waals surface area contributed by atoms with Crippen LogP contribution in [0.3, 0.4) is 0 Å². The van der Waals surface area contributed by atoms with Crippen molar-refractivity contribution in [2.24, 2.45) is 10.4 Å². The van der Waals surface area contributed by atoms with E-state index >= 15 is 0 Å². The smallest absolute Gasteiger partial charge is 0.219 e. The number of nitroso groups, excluding NO2 is 2. The number of aromatic amines is 3. The Bertz CT molecular complexity index is 2180. The van der Waals surface area contributed by atoms with Crippen molar-refractivity contribution in [1.82, 2.24) is 19.9 Å². The van der Waals surface area contributed by atoms with Gasteiger partial charge in [-0.25, -0.2) is 0 Å². The van der Waals surface area contributed by atoms with Crippen LogP contribution in [-0.2, 0) is 6.42 Å². The molecule has 0 fully saturated rings. The fraction of sp³-hybridized carbons (Fsp3) is 0.0938. The minimum Gasteiger partial charge on any atom is -0.493 e. The third-order valence-electron chi connectivity index (χ3n) is 7.70. The maximum absolute atomic E-state index is 11.3. The molecule has 7 aromatic rings. The summed E-state index contributed by atoms with van der Waals surface area (Å²) in [4.78, 5) is 35.8. The summed E-state index contributed by atoms with van der Waals surface area (Å²) in [6.45, 7) is 0.268. The van der Waals surface area contributed by atoms with Crippen LogP contribution in [0.25, 0.3) is 43.8 Å². The molecule has 0 radical (unpaired) electrons. The van der Waals surface area contributed by atoms with E-state index in [1.54, 1.807) is 36.7 Å². The number of rotatable bonds is 10. The van der Waals surface area contributed by atoms with Crippen LogP contribution in [0, 0.1) is 9.81 Å². The third kappa shape index (κ3) is 4.83. The maximum Gasteiger partial charge on any atom is 0.219 e. The zero-order chi connectivity index (χ0) is 30.2. The molecule has 0 spiro atoms. The van der Waals surface area contributed by atoms with Crippen LogP contribution in [0.5, 0.6) is 17.5 Å². The summed E-state index contributed by atoms with van der Waals surface area (Å²) in [5.41, 5.74) is 5.50. The highest BCUT2D eigenvalue weighted by molar-refractivity contribution is 5.97. The number of nitrogens with one attached hydrogen (secondary N) is 4. The molecule has 0 aliphatic carbocycles. The zero-order valence-corrected chi connectivity index (χ0v) is 23.0. The van der Waals surface area contributed by atoms with Crippen LogP contribution in [0.2, 0.25) is 0 Å². The van der Waals surface area contributed by atoms with E-state index in [1.807, 2.05) is 42.6 Å². The van der Waals surface area contributed by atoms with E-state index in [-0.39, 0.29) is 35.8 Å². The van der Waals surface area contributed by atoms with Crippen LogP contribution in [-0.4, -0.2) is 42.8 Å². The highest BCUT2D eigenvalue weighted by atomic mass is 16.5. The largest absolute Gasteiger partial charge is 0.493 e. The summed E-state index contributed by atoms with van der Waals surface area (Å²) in [6.07, 6.45) is 5.92. The number of nitrogens with zero attached hydrogens (tertiary/aromatic N) is 3. The van der Waals surface area contributed by atoms with Gasteiger partial charge in [0.1, 0.15) is 12.4 Å². The highest BCUT2D eigenvalue weighted by Gasteiger charge is 2.18. The Morgan fingerprint density at radius 1 is 0.795 bits per heavy atom. The van der Waals surface area contributed by atoms with E-state index in [9.17, 15) is 20.0 Å². The van der Waals surface area contributed by atoms with E-state index in [4.69, 9.17) is 4.74 Å². The van der Waals surface area contributed by atoms with Gasteiger partial charge in [-0.1, -0.05) is 24.3 Å². The fourth-order valence-corrected chi connectivity index (χ4v) is 5.59. The van der Waals surface area contributed by atoms with Gasteiger partial charge in [0.2, 0.25) is 11.8 Å². The van der Waals surface area contributed by atoms with E-state index in [1.165, 1.54) is 0 Å². The average Bonchev–Trinajstić information content (AvgIpc) is 3.70. The Morgan fingerprint density at radius 2 is 1.52 bits per heavy atom. The molecule has 0 saturated heterocycles. The van der Waals surface area contributed by atoms with Crippen molar-refractivity contribution in [3.63, 3.8) is 0 Å². The Kier molecular flexibility index (Phi) is 6.62. The highest BCUT2D eigenvalue weighted by Crippen LogP contribution is 2.38. The van der Waals surface area contributed by atoms with E-state index in [0.717, 1.165) is 33.3 Å². The maximum atomic E-state index is 11.3. The van der Waals surface area contributed by atoms with Gasteiger partial charge in [0.05, 0.1) is 23.3 Å². The molecular weight excluding hydrogens is 562 g/mol. The second-order valence-corrected chi connectivity index (χ2v) is 10.5. The van der Waals surface area contributed by atoms with Crippen LogP contribution in [0.15, 0.2) is 95.7 Å². The van der Waals surface area contributed by atoms with Crippen molar-refractivity contribution in [1.29, 1.82) is 0 Å². The van der Waals surface area contributed by atoms with Gasteiger partial charge in [-0.05, 0) is 70.4 Å². The molecule has 3 aromatic carbocycles. The molecule has 44 heavy (non-hydrogen) atoms. The molecule has 0 bridgehead atoms. The second-order valence-electron chi connectivity index (χ2n) is 10.5. The number of aromatic nitrogens is 4. The lowest BCUT2D eigenvalue weighted by Gasteiger charge is -2.21. The van der Waals surface area contributed by atoms with Crippen LogP contribution >= 0.6 is 0 Å². The number of hydrogen-bond donors (Lipinski definition) is 6. The van der Waals surface area contributed by atoms with E-state index < -0.39 is 0 Å². The predicted octanol–water partition coefficient (Wildman–Crippen LogP) is 7.50. The third-order valence-corrected chi connectivity index (χ3v) is 7.70. The molecule has 4 aromatic heterocycles. The average molecular weight is 588 g/mol.